The van der Waals surface area contributed by atoms with Gasteiger partial charge >= 0.3 is 0 Å². The van der Waals surface area contributed by atoms with Crippen LogP contribution in [0, 0.1) is 5.41 Å². The van der Waals surface area contributed by atoms with E-state index in [1.807, 2.05) is 26.1 Å². The van der Waals surface area contributed by atoms with Crippen LogP contribution in [-0.4, -0.2) is 17.4 Å². The summed E-state index contributed by atoms with van der Waals surface area (Å²) in [5, 5.41) is 3.40. The van der Waals surface area contributed by atoms with Crippen molar-refractivity contribution in [3.63, 3.8) is 0 Å². The molecule has 1 aromatic heterocycles. The molecule has 0 fully saturated rings. The van der Waals surface area contributed by atoms with Crippen LogP contribution in [0.1, 0.15) is 37.6 Å². The number of carbonyl (C=O) groups excluding carboxylic acids is 1. The molecule has 2 rings (SSSR count). The summed E-state index contributed by atoms with van der Waals surface area (Å²) in [6.07, 6.45) is 3.91. The van der Waals surface area contributed by atoms with Crippen LogP contribution in [0.15, 0.2) is 18.3 Å². The Kier molecular flexibility index (Phi) is 3.15. The number of carbonyl (C=O) groups is 1. The first kappa shape index (κ1) is 12.0. The van der Waals surface area contributed by atoms with Gasteiger partial charge in [0.15, 0.2) is 0 Å². The molecule has 1 heterocycles. The highest BCUT2D eigenvalue weighted by Crippen LogP contribution is 2.29. The molecule has 1 aromatic rings. The van der Waals surface area contributed by atoms with E-state index in [1.54, 1.807) is 0 Å². The molecule has 0 saturated heterocycles. The molecule has 4 heteroatoms. The standard InChI is InChI=1S/C13H19N3O/c1-13(2,12(14)17)8-16-10-6-5-9-4-3-7-15-11(9)10/h3-4,7,10,16H,5-6,8H2,1-2H3,(H2,14,17). The lowest BCUT2D eigenvalue weighted by atomic mass is 9.92. The average molecular weight is 233 g/mol. The Morgan fingerprint density at radius 1 is 1.65 bits per heavy atom. The lowest BCUT2D eigenvalue weighted by molar-refractivity contribution is -0.125. The number of aromatic nitrogens is 1. The van der Waals surface area contributed by atoms with E-state index in [4.69, 9.17) is 5.73 Å². The molecule has 0 radical (unpaired) electrons. The third kappa shape index (κ3) is 2.47. The van der Waals surface area contributed by atoms with Crippen molar-refractivity contribution in [3.8, 4) is 0 Å². The Labute approximate surface area is 102 Å². The molecular weight excluding hydrogens is 214 g/mol. The van der Waals surface area contributed by atoms with Gasteiger partial charge < -0.3 is 11.1 Å². The summed E-state index contributed by atoms with van der Waals surface area (Å²) in [4.78, 5) is 15.6. The van der Waals surface area contributed by atoms with Gasteiger partial charge in [-0.3, -0.25) is 9.78 Å². The molecule has 0 aliphatic heterocycles. The summed E-state index contributed by atoms with van der Waals surface area (Å²) in [7, 11) is 0. The van der Waals surface area contributed by atoms with Crippen LogP contribution in [-0.2, 0) is 11.2 Å². The number of nitrogens with one attached hydrogen (secondary N) is 1. The summed E-state index contributed by atoms with van der Waals surface area (Å²) in [5.74, 6) is -0.274. The molecule has 3 N–H and O–H groups in total. The number of hydrogen-bond donors (Lipinski definition) is 2. The van der Waals surface area contributed by atoms with Crippen molar-refractivity contribution in [3.05, 3.63) is 29.6 Å². The Bertz CT molecular complexity index is 428. The molecule has 0 saturated carbocycles. The highest BCUT2D eigenvalue weighted by atomic mass is 16.1. The SMILES string of the molecule is CC(C)(CNC1CCc2cccnc21)C(N)=O. The van der Waals surface area contributed by atoms with E-state index >= 15 is 0 Å². The molecule has 1 aliphatic rings. The normalized spacial score (nSPS) is 19.1. The van der Waals surface area contributed by atoms with Gasteiger partial charge in [-0.05, 0) is 38.3 Å². The zero-order valence-corrected chi connectivity index (χ0v) is 10.4. The van der Waals surface area contributed by atoms with Crippen molar-refractivity contribution in [2.24, 2.45) is 11.1 Å². The largest absolute Gasteiger partial charge is 0.369 e. The second-order valence-corrected chi connectivity index (χ2v) is 5.27. The van der Waals surface area contributed by atoms with E-state index in [9.17, 15) is 4.79 Å². The summed E-state index contributed by atoms with van der Waals surface area (Å²) in [6, 6.07) is 4.34. The van der Waals surface area contributed by atoms with Gasteiger partial charge in [0.05, 0.1) is 17.2 Å². The quantitative estimate of drug-likeness (QED) is 0.820. The summed E-state index contributed by atoms with van der Waals surface area (Å²) >= 11 is 0. The maximum absolute atomic E-state index is 11.2. The Morgan fingerprint density at radius 3 is 3.12 bits per heavy atom. The van der Waals surface area contributed by atoms with Crippen LogP contribution in [0.5, 0.6) is 0 Å². The van der Waals surface area contributed by atoms with Crippen molar-refractivity contribution < 1.29 is 4.79 Å². The van der Waals surface area contributed by atoms with Crippen LogP contribution in [0.2, 0.25) is 0 Å². The second kappa shape index (κ2) is 4.45. The molecule has 1 amide bonds. The van der Waals surface area contributed by atoms with Crippen molar-refractivity contribution in [1.82, 2.24) is 10.3 Å². The number of nitrogens with two attached hydrogens (primary N) is 1. The monoisotopic (exact) mass is 233 g/mol. The van der Waals surface area contributed by atoms with E-state index < -0.39 is 5.41 Å². The molecule has 0 aromatic carbocycles. The third-order valence-corrected chi connectivity index (χ3v) is 3.42. The number of aryl methyl sites for hydroxylation is 1. The van der Waals surface area contributed by atoms with Gasteiger partial charge in [0.2, 0.25) is 5.91 Å². The molecule has 4 nitrogen and oxygen atoms in total. The minimum atomic E-state index is -0.516. The average Bonchev–Trinajstić information content (AvgIpc) is 2.69. The minimum absolute atomic E-state index is 0.254. The van der Waals surface area contributed by atoms with Crippen LogP contribution < -0.4 is 11.1 Å². The second-order valence-electron chi connectivity index (χ2n) is 5.27. The van der Waals surface area contributed by atoms with Crippen LogP contribution in [0.3, 0.4) is 0 Å². The van der Waals surface area contributed by atoms with Gasteiger partial charge in [-0.2, -0.15) is 0 Å². The summed E-state index contributed by atoms with van der Waals surface area (Å²) in [5.41, 5.74) is 7.26. The lowest BCUT2D eigenvalue weighted by Gasteiger charge is -2.23. The lowest BCUT2D eigenvalue weighted by Crippen LogP contribution is -2.41. The maximum atomic E-state index is 11.2. The van der Waals surface area contributed by atoms with Crippen molar-refractivity contribution >= 4 is 5.91 Å². The molecule has 1 aliphatic carbocycles. The summed E-state index contributed by atoms with van der Waals surface area (Å²) < 4.78 is 0. The number of nitrogens with zero attached hydrogens (tertiary/aromatic N) is 1. The predicted octanol–water partition coefficient (Wildman–Crippen LogP) is 1.17. The van der Waals surface area contributed by atoms with Crippen LogP contribution in [0.4, 0.5) is 0 Å². The number of pyridine rings is 1. The van der Waals surface area contributed by atoms with Gasteiger partial charge in [-0.15, -0.1) is 0 Å². The number of primary amides is 1. The Balaban J connectivity index is 2.01. The van der Waals surface area contributed by atoms with Crippen molar-refractivity contribution in [2.75, 3.05) is 6.54 Å². The maximum Gasteiger partial charge on any atom is 0.224 e. The zero-order valence-electron chi connectivity index (χ0n) is 10.4. The highest BCUT2D eigenvalue weighted by Gasteiger charge is 2.29. The molecule has 0 bridgehead atoms. The molecule has 1 atom stereocenters. The van der Waals surface area contributed by atoms with Crippen molar-refractivity contribution in [2.45, 2.75) is 32.7 Å². The first-order valence-corrected chi connectivity index (χ1v) is 5.98. The molecule has 92 valence electrons. The number of hydrogen-bond acceptors (Lipinski definition) is 3. The first-order valence-electron chi connectivity index (χ1n) is 5.98. The zero-order chi connectivity index (χ0) is 12.5. The fourth-order valence-electron chi connectivity index (χ4n) is 2.08. The number of rotatable bonds is 4. The van der Waals surface area contributed by atoms with E-state index in [0.29, 0.717) is 6.54 Å². The van der Waals surface area contributed by atoms with E-state index in [1.165, 1.54) is 5.56 Å². The van der Waals surface area contributed by atoms with Crippen molar-refractivity contribution in [1.29, 1.82) is 0 Å². The highest BCUT2D eigenvalue weighted by molar-refractivity contribution is 5.80. The van der Waals surface area contributed by atoms with Gasteiger partial charge in [0.1, 0.15) is 0 Å². The number of fused-ring (bicyclic) bond motifs is 1. The Hall–Kier alpha value is -1.42. The molecule has 17 heavy (non-hydrogen) atoms. The predicted molar refractivity (Wildman–Crippen MR) is 66.3 cm³/mol. The third-order valence-electron chi connectivity index (χ3n) is 3.42. The fraction of sp³-hybridized carbons (Fsp3) is 0.538. The van der Waals surface area contributed by atoms with Gasteiger partial charge in [-0.25, -0.2) is 0 Å². The molecular formula is C13H19N3O. The van der Waals surface area contributed by atoms with Crippen LogP contribution in [0.25, 0.3) is 0 Å². The van der Waals surface area contributed by atoms with Gasteiger partial charge in [0, 0.05) is 12.7 Å². The van der Waals surface area contributed by atoms with E-state index in [2.05, 4.69) is 16.4 Å². The Morgan fingerprint density at radius 2 is 2.41 bits per heavy atom. The first-order chi connectivity index (χ1) is 8.00. The minimum Gasteiger partial charge on any atom is -0.369 e. The van der Waals surface area contributed by atoms with Crippen LogP contribution >= 0.6 is 0 Å². The topological polar surface area (TPSA) is 68.0 Å². The smallest absolute Gasteiger partial charge is 0.224 e. The van der Waals surface area contributed by atoms with E-state index in [-0.39, 0.29) is 11.9 Å². The van der Waals surface area contributed by atoms with E-state index in [0.717, 1.165) is 18.5 Å². The van der Waals surface area contributed by atoms with Gasteiger partial charge in [-0.1, -0.05) is 6.07 Å². The molecule has 0 spiro atoms. The molecule has 1 unspecified atom stereocenters. The fourth-order valence-corrected chi connectivity index (χ4v) is 2.08. The van der Waals surface area contributed by atoms with Gasteiger partial charge in [0.25, 0.3) is 0 Å². The number of amides is 1. The summed E-state index contributed by atoms with van der Waals surface area (Å²) in [6.45, 7) is 4.30.